The van der Waals surface area contributed by atoms with Gasteiger partial charge in [0.15, 0.2) is 0 Å². The number of amidine groups is 1. The monoisotopic (exact) mass is 731 g/mol. The molecule has 2 N–H and O–H groups in total. The molecule has 2 heterocycles. The number of benzene rings is 9. The summed E-state index contributed by atoms with van der Waals surface area (Å²) < 4.78 is 6.93. The molecule has 2 unspecified atom stereocenters. The van der Waals surface area contributed by atoms with E-state index in [4.69, 9.17) is 9.41 Å². The minimum atomic E-state index is -0.284. The summed E-state index contributed by atoms with van der Waals surface area (Å²) >= 11 is 0. The summed E-state index contributed by atoms with van der Waals surface area (Å²) in [5.74, 6) is 0.868. The smallest absolute Gasteiger partial charge is 0.143 e. The van der Waals surface area contributed by atoms with Crippen LogP contribution in [0.4, 0.5) is 0 Å². The second-order valence-corrected chi connectivity index (χ2v) is 14.8. The topological polar surface area (TPSA) is 49.6 Å². The minimum Gasteiger partial charge on any atom is -0.455 e. The van der Waals surface area contributed by atoms with Crippen molar-refractivity contribution in [1.29, 1.82) is 0 Å². The number of hydrogen-bond donors (Lipinski definition) is 2. The van der Waals surface area contributed by atoms with E-state index in [1.165, 1.54) is 21.9 Å². The van der Waals surface area contributed by atoms with Crippen LogP contribution in [0.1, 0.15) is 29.0 Å². The highest BCUT2D eigenvalue weighted by molar-refractivity contribution is 6.20. The molecule has 0 saturated heterocycles. The van der Waals surface area contributed by atoms with Crippen LogP contribution in [0.3, 0.4) is 0 Å². The minimum absolute atomic E-state index is 0.122. The maximum absolute atomic E-state index is 6.93. The zero-order chi connectivity index (χ0) is 37.7. The van der Waals surface area contributed by atoms with Crippen molar-refractivity contribution < 1.29 is 4.42 Å². The van der Waals surface area contributed by atoms with Crippen LogP contribution in [0, 0.1) is 0 Å². The van der Waals surface area contributed by atoms with E-state index in [2.05, 4.69) is 205 Å². The van der Waals surface area contributed by atoms with Crippen molar-refractivity contribution in [3.8, 4) is 33.4 Å². The summed E-state index contributed by atoms with van der Waals surface area (Å²) in [7, 11) is 0. The first-order valence-corrected chi connectivity index (χ1v) is 19.5. The van der Waals surface area contributed by atoms with E-state index in [9.17, 15) is 0 Å². The molecule has 4 nitrogen and oxygen atoms in total. The first-order chi connectivity index (χ1) is 28.2. The van der Waals surface area contributed by atoms with Gasteiger partial charge in [-0.2, -0.15) is 0 Å². The molecule has 0 saturated carbocycles. The van der Waals surface area contributed by atoms with Crippen molar-refractivity contribution in [3.63, 3.8) is 0 Å². The first kappa shape index (κ1) is 33.1. The van der Waals surface area contributed by atoms with Crippen LogP contribution in [-0.2, 0) is 0 Å². The lowest BCUT2D eigenvalue weighted by Gasteiger charge is -2.32. The highest BCUT2D eigenvalue weighted by Crippen LogP contribution is 2.45. The van der Waals surface area contributed by atoms with E-state index in [0.717, 1.165) is 77.5 Å². The predicted octanol–water partition coefficient (Wildman–Crippen LogP) is 13.2. The lowest BCUT2D eigenvalue weighted by Crippen LogP contribution is -2.45. The fraction of sp³-hybridized carbons (Fsp3) is 0.0377. The molecular formula is C53H37N3O. The van der Waals surface area contributed by atoms with Crippen LogP contribution < -0.4 is 10.6 Å². The number of nitrogens with zero attached hydrogens (tertiary/aromatic N) is 1. The number of furan rings is 1. The quantitative estimate of drug-likeness (QED) is 0.179. The fourth-order valence-corrected chi connectivity index (χ4v) is 8.56. The van der Waals surface area contributed by atoms with Gasteiger partial charge in [0.25, 0.3) is 0 Å². The molecule has 0 amide bonds. The van der Waals surface area contributed by atoms with Gasteiger partial charge in [0, 0.05) is 21.9 Å². The zero-order valence-corrected chi connectivity index (χ0v) is 31.1. The number of aliphatic imine (C=N–C) groups is 1. The van der Waals surface area contributed by atoms with Gasteiger partial charge >= 0.3 is 0 Å². The fourth-order valence-electron chi connectivity index (χ4n) is 8.56. The molecule has 0 aliphatic carbocycles. The Bertz CT molecular complexity index is 3120. The number of nitrogens with one attached hydrogen (secondary N) is 2. The molecule has 9 aromatic carbocycles. The molecule has 0 bridgehead atoms. The van der Waals surface area contributed by atoms with Gasteiger partial charge in [-0.15, -0.1) is 0 Å². The molecule has 1 aliphatic rings. The Kier molecular flexibility index (Phi) is 8.01. The third-order valence-electron chi connectivity index (χ3n) is 11.4. The van der Waals surface area contributed by atoms with Crippen LogP contribution >= 0.6 is 0 Å². The largest absolute Gasteiger partial charge is 0.455 e. The molecule has 57 heavy (non-hydrogen) atoms. The lowest BCUT2D eigenvalue weighted by atomic mass is 9.89. The van der Waals surface area contributed by atoms with Gasteiger partial charge in [0.2, 0.25) is 0 Å². The van der Waals surface area contributed by atoms with Gasteiger partial charge in [-0.25, -0.2) is 4.99 Å². The van der Waals surface area contributed by atoms with Crippen molar-refractivity contribution in [2.75, 3.05) is 0 Å². The predicted molar refractivity (Wildman–Crippen MR) is 236 cm³/mol. The molecule has 10 aromatic rings. The molecule has 1 aromatic heterocycles. The highest BCUT2D eigenvalue weighted by atomic mass is 16.3. The molecule has 0 radical (unpaired) electrons. The summed E-state index contributed by atoms with van der Waals surface area (Å²) in [5, 5.41) is 14.4. The van der Waals surface area contributed by atoms with Crippen LogP contribution in [0.2, 0.25) is 0 Å². The Balaban J connectivity index is 1.09. The standard InChI is InChI=1S/C53H37N3O/c1-4-14-34(15-5-1)35-24-26-36(27-25-35)41-28-30-45(49-47-32-39-20-10-11-21-40(39)33-48(47)57-50(41)49)44-29-31-46(43-23-13-12-22-42(43)44)53-55-51(37-16-6-2-7-17-37)54-52(56-53)38-18-8-3-9-19-38/h1-33,51,53,55H,(H,54,56). The van der Waals surface area contributed by atoms with Crippen LogP contribution in [0.15, 0.2) is 210 Å². The van der Waals surface area contributed by atoms with Gasteiger partial charge < -0.3 is 9.73 Å². The zero-order valence-electron chi connectivity index (χ0n) is 31.1. The highest BCUT2D eigenvalue weighted by Gasteiger charge is 2.27. The van der Waals surface area contributed by atoms with Crippen LogP contribution in [0.25, 0.3) is 76.9 Å². The SMILES string of the molecule is c1ccc(C2=NC(c3ccc(-c4ccc(-c5ccc(-c6ccccc6)cc5)c5oc6cc7ccccc7cc6c45)c4ccccc34)NC(c3ccccc3)N2)cc1. The van der Waals surface area contributed by atoms with Crippen molar-refractivity contribution in [2.45, 2.75) is 12.3 Å². The molecule has 2 atom stereocenters. The number of hydrogen-bond acceptors (Lipinski definition) is 4. The maximum Gasteiger partial charge on any atom is 0.143 e. The third kappa shape index (κ3) is 5.86. The Morgan fingerprint density at radius 1 is 0.439 bits per heavy atom. The molecule has 270 valence electrons. The summed E-state index contributed by atoms with van der Waals surface area (Å²) in [5.41, 5.74) is 12.0. The average molecular weight is 732 g/mol. The molecule has 11 rings (SSSR count). The van der Waals surface area contributed by atoms with Gasteiger partial charge in [0.05, 0.1) is 0 Å². The van der Waals surface area contributed by atoms with Crippen molar-refractivity contribution in [2.24, 2.45) is 4.99 Å². The summed E-state index contributed by atoms with van der Waals surface area (Å²) in [4.78, 5) is 5.31. The lowest BCUT2D eigenvalue weighted by molar-refractivity contribution is 0.410. The first-order valence-electron chi connectivity index (χ1n) is 19.5. The Labute approximate surface area is 330 Å². The van der Waals surface area contributed by atoms with E-state index in [1.807, 2.05) is 6.07 Å². The van der Waals surface area contributed by atoms with E-state index >= 15 is 0 Å². The van der Waals surface area contributed by atoms with Crippen molar-refractivity contribution in [1.82, 2.24) is 10.6 Å². The second-order valence-electron chi connectivity index (χ2n) is 14.8. The molecular weight excluding hydrogens is 695 g/mol. The van der Waals surface area contributed by atoms with Gasteiger partial charge in [-0.05, 0) is 78.7 Å². The molecule has 1 aliphatic heterocycles. The van der Waals surface area contributed by atoms with E-state index in [1.54, 1.807) is 0 Å². The number of fused-ring (bicyclic) bond motifs is 5. The van der Waals surface area contributed by atoms with Gasteiger partial charge in [-0.1, -0.05) is 182 Å². The Morgan fingerprint density at radius 2 is 1.02 bits per heavy atom. The maximum atomic E-state index is 6.93. The second kappa shape index (κ2) is 13.8. The van der Waals surface area contributed by atoms with Crippen LogP contribution in [0.5, 0.6) is 0 Å². The summed E-state index contributed by atoms with van der Waals surface area (Å²) in [6, 6.07) is 71.1. The van der Waals surface area contributed by atoms with E-state index in [0.29, 0.717) is 0 Å². The van der Waals surface area contributed by atoms with E-state index in [-0.39, 0.29) is 12.3 Å². The Morgan fingerprint density at radius 3 is 1.77 bits per heavy atom. The molecule has 0 spiro atoms. The Hall–Kier alpha value is -7.27. The van der Waals surface area contributed by atoms with Crippen molar-refractivity contribution >= 4 is 49.3 Å². The van der Waals surface area contributed by atoms with Gasteiger partial charge in [-0.3, -0.25) is 5.32 Å². The number of rotatable bonds is 6. The van der Waals surface area contributed by atoms with E-state index < -0.39 is 0 Å². The third-order valence-corrected chi connectivity index (χ3v) is 11.4. The molecule has 0 fully saturated rings. The normalized spacial score (nSPS) is 15.5. The molecule has 4 heteroatoms. The summed E-state index contributed by atoms with van der Waals surface area (Å²) in [6.45, 7) is 0. The van der Waals surface area contributed by atoms with Gasteiger partial charge in [0.1, 0.15) is 29.3 Å². The van der Waals surface area contributed by atoms with Crippen molar-refractivity contribution in [3.05, 3.63) is 217 Å². The summed E-state index contributed by atoms with van der Waals surface area (Å²) in [6.07, 6.45) is -0.406. The average Bonchev–Trinajstić information content (AvgIpc) is 3.67. The van der Waals surface area contributed by atoms with Crippen LogP contribution in [-0.4, -0.2) is 5.84 Å².